The van der Waals surface area contributed by atoms with Crippen molar-refractivity contribution in [2.24, 2.45) is 0 Å². The highest BCUT2D eigenvalue weighted by molar-refractivity contribution is 6.32. The van der Waals surface area contributed by atoms with Crippen LogP contribution in [0.4, 0.5) is 0 Å². The Balaban J connectivity index is 2.04. The molecule has 21 heavy (non-hydrogen) atoms. The number of halogens is 1. The lowest BCUT2D eigenvalue weighted by Gasteiger charge is -2.30. The molecule has 0 saturated carbocycles. The maximum absolute atomic E-state index is 12.2. The van der Waals surface area contributed by atoms with Gasteiger partial charge in [0.15, 0.2) is 0 Å². The Morgan fingerprint density at radius 2 is 2.38 bits per heavy atom. The van der Waals surface area contributed by atoms with E-state index in [0.29, 0.717) is 16.1 Å². The first-order valence-corrected chi connectivity index (χ1v) is 7.36. The smallest absolute Gasteiger partial charge is 0.251 e. The second-order valence-electron chi connectivity index (χ2n) is 5.23. The van der Waals surface area contributed by atoms with Gasteiger partial charge in [-0.2, -0.15) is 0 Å². The molecule has 5 heteroatoms. The monoisotopic (exact) mass is 306 g/mol. The summed E-state index contributed by atoms with van der Waals surface area (Å²) in [7, 11) is 2.06. The number of rotatable bonds is 2. The lowest BCUT2D eigenvalue weighted by atomic mass is 10.1. The summed E-state index contributed by atoms with van der Waals surface area (Å²) < 4.78 is 0. The van der Waals surface area contributed by atoms with Crippen LogP contribution in [0.15, 0.2) is 18.2 Å². The number of amides is 1. The predicted octanol–water partition coefficient (Wildman–Crippen LogP) is 1.51. The Morgan fingerprint density at radius 3 is 3.05 bits per heavy atom. The van der Waals surface area contributed by atoms with Crippen molar-refractivity contribution < 1.29 is 9.90 Å². The summed E-state index contributed by atoms with van der Waals surface area (Å²) in [6.07, 6.45) is 2.10. The SMILES string of the molecule is CN1CCCC(NC(=O)c2ccc(C#CCO)c(Cl)c2)C1. The van der Waals surface area contributed by atoms with Gasteiger partial charge in [-0.25, -0.2) is 0 Å². The van der Waals surface area contributed by atoms with Crippen LogP contribution in [0, 0.1) is 11.8 Å². The maximum Gasteiger partial charge on any atom is 0.251 e. The Labute approximate surface area is 130 Å². The van der Waals surface area contributed by atoms with Crippen LogP contribution in [0.1, 0.15) is 28.8 Å². The summed E-state index contributed by atoms with van der Waals surface area (Å²) in [6.45, 7) is 1.74. The molecule has 1 heterocycles. The second-order valence-corrected chi connectivity index (χ2v) is 5.64. The van der Waals surface area contributed by atoms with Gasteiger partial charge in [-0.05, 0) is 44.6 Å². The summed E-state index contributed by atoms with van der Waals surface area (Å²) in [6, 6.07) is 5.20. The summed E-state index contributed by atoms with van der Waals surface area (Å²) >= 11 is 6.10. The van der Waals surface area contributed by atoms with Crippen LogP contribution < -0.4 is 5.32 Å². The van der Waals surface area contributed by atoms with Crippen LogP contribution in [0.3, 0.4) is 0 Å². The Morgan fingerprint density at radius 1 is 1.57 bits per heavy atom. The molecule has 1 aromatic carbocycles. The number of aliphatic hydroxyl groups is 1. The summed E-state index contributed by atoms with van der Waals surface area (Å²) in [5.41, 5.74) is 1.14. The molecule has 4 nitrogen and oxygen atoms in total. The van der Waals surface area contributed by atoms with Crippen molar-refractivity contribution in [3.8, 4) is 11.8 Å². The highest BCUT2D eigenvalue weighted by Gasteiger charge is 2.19. The quantitative estimate of drug-likeness (QED) is 0.814. The number of benzene rings is 1. The Bertz CT molecular complexity index is 577. The number of likely N-dealkylation sites (tertiary alicyclic amines) is 1. The topological polar surface area (TPSA) is 52.6 Å². The summed E-state index contributed by atoms with van der Waals surface area (Å²) in [4.78, 5) is 14.5. The fourth-order valence-electron chi connectivity index (χ4n) is 2.45. The fourth-order valence-corrected chi connectivity index (χ4v) is 2.67. The Hall–Kier alpha value is -1.54. The molecule has 1 aliphatic heterocycles. The molecule has 1 aromatic rings. The van der Waals surface area contributed by atoms with Gasteiger partial charge >= 0.3 is 0 Å². The highest BCUT2D eigenvalue weighted by atomic mass is 35.5. The molecule has 0 radical (unpaired) electrons. The van der Waals surface area contributed by atoms with E-state index >= 15 is 0 Å². The van der Waals surface area contributed by atoms with E-state index in [4.69, 9.17) is 16.7 Å². The fraction of sp³-hybridized carbons (Fsp3) is 0.438. The molecule has 1 aliphatic rings. The zero-order valence-corrected chi connectivity index (χ0v) is 12.8. The highest BCUT2D eigenvalue weighted by Crippen LogP contribution is 2.17. The van der Waals surface area contributed by atoms with E-state index in [9.17, 15) is 4.79 Å². The molecule has 2 N–H and O–H groups in total. The maximum atomic E-state index is 12.2. The first-order valence-electron chi connectivity index (χ1n) is 6.99. The lowest BCUT2D eigenvalue weighted by Crippen LogP contribution is -2.46. The van der Waals surface area contributed by atoms with Crippen molar-refractivity contribution in [1.29, 1.82) is 0 Å². The van der Waals surface area contributed by atoms with E-state index in [2.05, 4.69) is 29.1 Å². The van der Waals surface area contributed by atoms with Gasteiger partial charge in [0, 0.05) is 23.7 Å². The molecule has 1 amide bonds. The minimum absolute atomic E-state index is 0.112. The number of aliphatic hydroxyl groups excluding tert-OH is 1. The molecule has 1 atom stereocenters. The third-order valence-electron chi connectivity index (χ3n) is 3.49. The van der Waals surface area contributed by atoms with Crippen LogP contribution in [-0.4, -0.2) is 48.7 Å². The van der Waals surface area contributed by atoms with E-state index in [1.54, 1.807) is 18.2 Å². The van der Waals surface area contributed by atoms with E-state index in [1.807, 2.05) is 0 Å². The predicted molar refractivity (Wildman–Crippen MR) is 83.4 cm³/mol. The summed E-state index contributed by atoms with van der Waals surface area (Å²) in [5.74, 6) is 5.17. The number of hydrogen-bond donors (Lipinski definition) is 2. The van der Waals surface area contributed by atoms with Crippen LogP contribution >= 0.6 is 11.6 Å². The van der Waals surface area contributed by atoms with E-state index < -0.39 is 0 Å². The average molecular weight is 307 g/mol. The molecule has 0 spiro atoms. The van der Waals surface area contributed by atoms with Crippen LogP contribution in [0.2, 0.25) is 5.02 Å². The largest absolute Gasteiger partial charge is 0.384 e. The van der Waals surface area contributed by atoms with Gasteiger partial charge in [0.25, 0.3) is 5.91 Å². The molecule has 1 saturated heterocycles. The molecule has 0 aromatic heterocycles. The number of carbonyl (C=O) groups is 1. The first kappa shape index (κ1) is 15.8. The van der Waals surface area contributed by atoms with E-state index in [-0.39, 0.29) is 18.6 Å². The van der Waals surface area contributed by atoms with Crippen molar-refractivity contribution in [2.45, 2.75) is 18.9 Å². The van der Waals surface area contributed by atoms with Gasteiger partial charge in [0.1, 0.15) is 6.61 Å². The van der Waals surface area contributed by atoms with Crippen LogP contribution in [-0.2, 0) is 0 Å². The van der Waals surface area contributed by atoms with Gasteiger partial charge in [0.2, 0.25) is 0 Å². The van der Waals surface area contributed by atoms with Gasteiger partial charge in [-0.3, -0.25) is 4.79 Å². The van der Waals surface area contributed by atoms with Crippen molar-refractivity contribution in [1.82, 2.24) is 10.2 Å². The zero-order valence-electron chi connectivity index (χ0n) is 12.0. The molecule has 0 bridgehead atoms. The zero-order chi connectivity index (χ0) is 15.2. The summed E-state index contributed by atoms with van der Waals surface area (Å²) in [5, 5.41) is 12.1. The molecule has 0 aliphatic carbocycles. The molecule has 2 rings (SSSR count). The van der Waals surface area contributed by atoms with Crippen molar-refractivity contribution in [3.05, 3.63) is 34.3 Å². The third-order valence-corrected chi connectivity index (χ3v) is 3.81. The van der Waals surface area contributed by atoms with E-state index in [0.717, 1.165) is 25.9 Å². The van der Waals surface area contributed by atoms with Crippen LogP contribution in [0.5, 0.6) is 0 Å². The minimum Gasteiger partial charge on any atom is -0.384 e. The number of nitrogens with zero attached hydrogens (tertiary/aromatic N) is 1. The number of nitrogens with one attached hydrogen (secondary N) is 1. The van der Waals surface area contributed by atoms with Gasteiger partial charge in [0.05, 0.1) is 5.02 Å². The van der Waals surface area contributed by atoms with Gasteiger partial charge in [-0.1, -0.05) is 23.4 Å². The molecule has 1 unspecified atom stereocenters. The number of piperidine rings is 1. The van der Waals surface area contributed by atoms with E-state index in [1.165, 1.54) is 0 Å². The normalized spacial score (nSPS) is 18.7. The minimum atomic E-state index is -0.215. The lowest BCUT2D eigenvalue weighted by molar-refractivity contribution is 0.0912. The standard InChI is InChI=1S/C16H19ClN2O2/c1-19-8-2-5-14(11-19)18-16(21)13-7-6-12(4-3-9-20)15(17)10-13/h6-7,10,14,20H,2,5,8-9,11H2,1H3,(H,18,21). The van der Waals surface area contributed by atoms with Crippen molar-refractivity contribution in [2.75, 3.05) is 26.7 Å². The molecule has 1 fully saturated rings. The van der Waals surface area contributed by atoms with Crippen molar-refractivity contribution in [3.63, 3.8) is 0 Å². The van der Waals surface area contributed by atoms with Gasteiger partial charge < -0.3 is 15.3 Å². The second kappa shape index (κ2) is 7.46. The van der Waals surface area contributed by atoms with Gasteiger partial charge in [-0.15, -0.1) is 0 Å². The number of carbonyl (C=O) groups excluding carboxylic acids is 1. The Kier molecular flexibility index (Phi) is 5.63. The number of likely N-dealkylation sites (N-methyl/N-ethyl adjacent to an activating group) is 1. The molecular weight excluding hydrogens is 288 g/mol. The van der Waals surface area contributed by atoms with Crippen molar-refractivity contribution >= 4 is 17.5 Å². The third kappa shape index (κ3) is 4.47. The average Bonchev–Trinajstić information content (AvgIpc) is 2.46. The first-order chi connectivity index (χ1) is 10.1. The molecule has 112 valence electrons. The van der Waals surface area contributed by atoms with Crippen LogP contribution in [0.25, 0.3) is 0 Å². The number of hydrogen-bond acceptors (Lipinski definition) is 3. The molecular formula is C16H19ClN2O2.